The molecule has 1 heterocycles. The minimum absolute atomic E-state index is 0.822. The molecule has 1 fully saturated rings. The highest BCUT2D eigenvalue weighted by atomic mass is 16.5. The first kappa shape index (κ1) is 10.0. The molecule has 1 aliphatic rings. The summed E-state index contributed by atoms with van der Waals surface area (Å²) in [5.41, 5.74) is 0. The maximum Gasteiger partial charge on any atom is 0.0494 e. The maximum absolute atomic E-state index is 5.41. The number of hydrogen-bond acceptors (Lipinski definition) is 2. The van der Waals surface area contributed by atoms with Crippen LogP contribution in [0.15, 0.2) is 0 Å². The van der Waals surface area contributed by atoms with E-state index in [-0.39, 0.29) is 0 Å². The Bertz CT molecular complexity index is 100. The predicted molar refractivity (Wildman–Crippen MR) is 51.3 cm³/mol. The van der Waals surface area contributed by atoms with Crippen LogP contribution in [0.5, 0.6) is 0 Å². The van der Waals surface area contributed by atoms with Crippen molar-refractivity contribution in [2.45, 2.75) is 32.6 Å². The first-order valence-corrected chi connectivity index (χ1v) is 5.22. The van der Waals surface area contributed by atoms with Gasteiger partial charge >= 0.3 is 0 Å². The third-order valence-corrected chi connectivity index (χ3v) is 2.41. The van der Waals surface area contributed by atoms with Gasteiger partial charge in [0.1, 0.15) is 0 Å². The normalized spacial score (nSPS) is 24.2. The van der Waals surface area contributed by atoms with Crippen molar-refractivity contribution in [2.24, 2.45) is 5.92 Å². The van der Waals surface area contributed by atoms with Crippen LogP contribution in [0.25, 0.3) is 0 Å². The summed E-state index contributed by atoms with van der Waals surface area (Å²) in [6.45, 7) is 6.51. The molecule has 2 nitrogen and oxygen atoms in total. The summed E-state index contributed by atoms with van der Waals surface area (Å²) in [4.78, 5) is 0. The van der Waals surface area contributed by atoms with Gasteiger partial charge in [-0.3, -0.25) is 0 Å². The monoisotopic (exact) mass is 171 g/mol. The molecule has 1 rings (SSSR count). The molecular weight excluding hydrogens is 150 g/mol. The van der Waals surface area contributed by atoms with E-state index in [0.717, 1.165) is 25.7 Å². The summed E-state index contributed by atoms with van der Waals surface area (Å²) in [7, 11) is 0. The van der Waals surface area contributed by atoms with Crippen molar-refractivity contribution in [3.05, 3.63) is 0 Å². The Hall–Kier alpha value is -0.0800. The minimum atomic E-state index is 0.822. The van der Waals surface area contributed by atoms with Crippen molar-refractivity contribution in [3.63, 3.8) is 0 Å². The number of rotatable bonds is 5. The minimum Gasteiger partial charge on any atom is -0.381 e. The number of ether oxygens (including phenoxy) is 1. The largest absolute Gasteiger partial charge is 0.381 e. The molecule has 0 saturated carbocycles. The van der Waals surface area contributed by atoms with E-state index in [2.05, 4.69) is 12.2 Å². The van der Waals surface area contributed by atoms with Crippen LogP contribution < -0.4 is 5.32 Å². The van der Waals surface area contributed by atoms with Crippen LogP contribution >= 0.6 is 0 Å². The number of nitrogens with one attached hydrogen (secondary N) is 1. The zero-order valence-electron chi connectivity index (χ0n) is 8.14. The first-order valence-electron chi connectivity index (χ1n) is 5.22. The fourth-order valence-corrected chi connectivity index (χ4v) is 1.64. The second-order valence-corrected chi connectivity index (χ2v) is 3.62. The SMILES string of the molecule is CCCNCCC1CCCOC1. The summed E-state index contributed by atoms with van der Waals surface area (Å²) in [6, 6.07) is 0. The fourth-order valence-electron chi connectivity index (χ4n) is 1.64. The van der Waals surface area contributed by atoms with E-state index in [1.54, 1.807) is 0 Å². The molecule has 1 N–H and O–H groups in total. The smallest absolute Gasteiger partial charge is 0.0494 e. The Morgan fingerprint density at radius 2 is 2.33 bits per heavy atom. The Morgan fingerprint density at radius 3 is 3.00 bits per heavy atom. The van der Waals surface area contributed by atoms with Gasteiger partial charge in [0.2, 0.25) is 0 Å². The zero-order valence-corrected chi connectivity index (χ0v) is 8.14. The average molecular weight is 171 g/mol. The lowest BCUT2D eigenvalue weighted by atomic mass is 9.99. The van der Waals surface area contributed by atoms with Crippen LogP contribution in [-0.4, -0.2) is 26.3 Å². The molecule has 0 radical (unpaired) electrons. The molecule has 0 aromatic rings. The molecule has 1 aliphatic heterocycles. The molecule has 1 atom stereocenters. The van der Waals surface area contributed by atoms with E-state index < -0.39 is 0 Å². The molecule has 72 valence electrons. The van der Waals surface area contributed by atoms with Gasteiger partial charge in [-0.2, -0.15) is 0 Å². The highest BCUT2D eigenvalue weighted by Gasteiger charge is 2.12. The summed E-state index contributed by atoms with van der Waals surface area (Å²) >= 11 is 0. The lowest BCUT2D eigenvalue weighted by Crippen LogP contribution is -2.23. The van der Waals surface area contributed by atoms with E-state index in [0.29, 0.717) is 0 Å². The van der Waals surface area contributed by atoms with Gasteiger partial charge in [0.05, 0.1) is 0 Å². The number of hydrogen-bond donors (Lipinski definition) is 1. The lowest BCUT2D eigenvalue weighted by Gasteiger charge is -2.21. The molecule has 2 heteroatoms. The van der Waals surface area contributed by atoms with Crippen LogP contribution in [0.1, 0.15) is 32.6 Å². The zero-order chi connectivity index (χ0) is 8.65. The van der Waals surface area contributed by atoms with Crippen LogP contribution in [0, 0.1) is 5.92 Å². The van der Waals surface area contributed by atoms with Crippen LogP contribution in [0.2, 0.25) is 0 Å². The first-order chi connectivity index (χ1) is 5.93. The van der Waals surface area contributed by atoms with Crippen LogP contribution in [0.3, 0.4) is 0 Å². The quantitative estimate of drug-likeness (QED) is 0.637. The van der Waals surface area contributed by atoms with Crippen molar-refractivity contribution in [2.75, 3.05) is 26.3 Å². The van der Waals surface area contributed by atoms with Gasteiger partial charge in [-0.25, -0.2) is 0 Å². The van der Waals surface area contributed by atoms with Gasteiger partial charge in [0, 0.05) is 13.2 Å². The molecule has 0 aromatic carbocycles. The summed E-state index contributed by atoms with van der Waals surface area (Å²) in [5, 5.41) is 3.43. The maximum atomic E-state index is 5.41. The second kappa shape index (κ2) is 6.44. The van der Waals surface area contributed by atoms with Gasteiger partial charge in [0.25, 0.3) is 0 Å². The third kappa shape index (κ3) is 4.07. The van der Waals surface area contributed by atoms with E-state index >= 15 is 0 Å². The van der Waals surface area contributed by atoms with Gasteiger partial charge in [-0.05, 0) is 44.7 Å². The second-order valence-electron chi connectivity index (χ2n) is 3.62. The van der Waals surface area contributed by atoms with E-state index in [9.17, 15) is 0 Å². The molecule has 12 heavy (non-hydrogen) atoms. The molecule has 0 amide bonds. The molecule has 0 aliphatic carbocycles. The lowest BCUT2D eigenvalue weighted by molar-refractivity contribution is 0.0518. The van der Waals surface area contributed by atoms with E-state index in [4.69, 9.17) is 4.74 Å². The van der Waals surface area contributed by atoms with Crippen molar-refractivity contribution in [1.29, 1.82) is 0 Å². The Labute approximate surface area is 75.7 Å². The Morgan fingerprint density at radius 1 is 1.42 bits per heavy atom. The average Bonchev–Trinajstić information content (AvgIpc) is 2.14. The summed E-state index contributed by atoms with van der Waals surface area (Å²) < 4.78 is 5.41. The predicted octanol–water partition coefficient (Wildman–Crippen LogP) is 1.80. The highest BCUT2D eigenvalue weighted by molar-refractivity contribution is 4.64. The van der Waals surface area contributed by atoms with Crippen molar-refractivity contribution in [1.82, 2.24) is 5.32 Å². The molecular formula is C10H21NO. The summed E-state index contributed by atoms with van der Waals surface area (Å²) in [5.74, 6) is 0.822. The molecule has 1 unspecified atom stereocenters. The molecule has 0 spiro atoms. The fraction of sp³-hybridized carbons (Fsp3) is 1.00. The van der Waals surface area contributed by atoms with Crippen molar-refractivity contribution < 1.29 is 4.74 Å². The Balaban J connectivity index is 1.91. The van der Waals surface area contributed by atoms with Crippen molar-refractivity contribution in [3.8, 4) is 0 Å². The van der Waals surface area contributed by atoms with Gasteiger partial charge in [0.15, 0.2) is 0 Å². The molecule has 1 saturated heterocycles. The topological polar surface area (TPSA) is 21.3 Å². The van der Waals surface area contributed by atoms with E-state index in [1.807, 2.05) is 0 Å². The van der Waals surface area contributed by atoms with E-state index in [1.165, 1.54) is 32.2 Å². The molecule has 0 bridgehead atoms. The van der Waals surface area contributed by atoms with Crippen LogP contribution in [-0.2, 0) is 4.74 Å². The molecule has 0 aromatic heterocycles. The third-order valence-electron chi connectivity index (χ3n) is 2.41. The summed E-state index contributed by atoms with van der Waals surface area (Å²) in [6.07, 6.45) is 5.16. The Kier molecular flexibility index (Phi) is 5.37. The van der Waals surface area contributed by atoms with Crippen molar-refractivity contribution >= 4 is 0 Å². The van der Waals surface area contributed by atoms with Gasteiger partial charge in [-0.1, -0.05) is 6.92 Å². The standard InChI is InChI=1S/C10H21NO/c1-2-6-11-7-5-10-4-3-8-12-9-10/h10-11H,2-9H2,1H3. The van der Waals surface area contributed by atoms with Gasteiger partial charge in [-0.15, -0.1) is 0 Å². The highest BCUT2D eigenvalue weighted by Crippen LogP contribution is 2.15. The van der Waals surface area contributed by atoms with Crippen LogP contribution in [0.4, 0.5) is 0 Å². The van der Waals surface area contributed by atoms with Gasteiger partial charge < -0.3 is 10.1 Å².